The summed E-state index contributed by atoms with van der Waals surface area (Å²) in [5.41, 5.74) is 0.265. The monoisotopic (exact) mass is 241 g/mol. The lowest BCUT2D eigenvalue weighted by molar-refractivity contribution is 0.0351. The normalized spacial score (nSPS) is 27.7. The first kappa shape index (κ1) is 15.0. The fourth-order valence-corrected chi connectivity index (χ4v) is 3.48. The van der Waals surface area contributed by atoms with Crippen LogP contribution in [-0.2, 0) is 0 Å². The minimum atomic E-state index is -0.564. The third kappa shape index (κ3) is 4.97. The van der Waals surface area contributed by atoms with E-state index in [1.165, 1.54) is 19.3 Å². The molecule has 1 saturated carbocycles. The molecule has 1 fully saturated rings. The van der Waals surface area contributed by atoms with Crippen LogP contribution in [0.15, 0.2) is 0 Å². The highest BCUT2D eigenvalue weighted by Gasteiger charge is 2.38. The number of rotatable bonds is 4. The Morgan fingerprint density at radius 3 is 2.06 bits per heavy atom. The Morgan fingerprint density at radius 2 is 1.65 bits per heavy atom. The predicted octanol–water partition coefficient (Wildman–Crippen LogP) is 3.34. The lowest BCUT2D eigenvalue weighted by atomic mass is 9.63. The van der Waals surface area contributed by atoms with Gasteiger partial charge in [-0.05, 0) is 43.4 Å². The highest BCUT2D eigenvalue weighted by Crippen LogP contribution is 2.45. The van der Waals surface area contributed by atoms with E-state index in [0.29, 0.717) is 23.4 Å². The number of hydrogen-bond donors (Lipinski definition) is 2. The molecule has 0 aromatic carbocycles. The molecule has 2 nitrogen and oxygen atoms in total. The van der Waals surface area contributed by atoms with Gasteiger partial charge in [0.15, 0.2) is 0 Å². The maximum atomic E-state index is 10.1. The number of nitrogens with one attached hydrogen (secondary N) is 1. The van der Waals surface area contributed by atoms with Gasteiger partial charge in [0.2, 0.25) is 0 Å². The van der Waals surface area contributed by atoms with Crippen molar-refractivity contribution in [1.29, 1.82) is 0 Å². The molecule has 102 valence electrons. The van der Waals surface area contributed by atoms with E-state index in [2.05, 4.69) is 33.0 Å². The van der Waals surface area contributed by atoms with Gasteiger partial charge in [0.1, 0.15) is 0 Å². The predicted molar refractivity (Wildman–Crippen MR) is 74.1 cm³/mol. The minimum absolute atomic E-state index is 0.414. The SMILES string of the molecule is CCC(C)(O)CNC1CC(C)(C)CC(C)(C)C1. The van der Waals surface area contributed by atoms with E-state index >= 15 is 0 Å². The molecule has 0 aromatic rings. The van der Waals surface area contributed by atoms with E-state index in [4.69, 9.17) is 0 Å². The molecular formula is C15H31NO. The summed E-state index contributed by atoms with van der Waals surface area (Å²) in [4.78, 5) is 0. The van der Waals surface area contributed by atoms with Gasteiger partial charge in [0.05, 0.1) is 5.60 Å². The summed E-state index contributed by atoms with van der Waals surface area (Å²) < 4.78 is 0. The van der Waals surface area contributed by atoms with Gasteiger partial charge < -0.3 is 10.4 Å². The largest absolute Gasteiger partial charge is 0.389 e. The van der Waals surface area contributed by atoms with E-state index in [1.807, 2.05) is 13.8 Å². The van der Waals surface area contributed by atoms with Crippen LogP contribution in [-0.4, -0.2) is 23.3 Å². The molecule has 0 amide bonds. The Bertz CT molecular complexity index is 240. The van der Waals surface area contributed by atoms with Gasteiger partial charge in [-0.2, -0.15) is 0 Å². The second-order valence-electron chi connectivity index (χ2n) is 7.84. The Kier molecular flexibility index (Phi) is 4.31. The minimum Gasteiger partial charge on any atom is -0.389 e. The van der Waals surface area contributed by atoms with Crippen LogP contribution >= 0.6 is 0 Å². The lowest BCUT2D eigenvalue weighted by Crippen LogP contribution is -2.48. The van der Waals surface area contributed by atoms with Gasteiger partial charge >= 0.3 is 0 Å². The molecule has 0 aliphatic heterocycles. The van der Waals surface area contributed by atoms with Crippen LogP contribution in [0.25, 0.3) is 0 Å². The average molecular weight is 241 g/mol. The van der Waals surface area contributed by atoms with Crippen molar-refractivity contribution in [3.05, 3.63) is 0 Å². The van der Waals surface area contributed by atoms with Gasteiger partial charge in [0, 0.05) is 12.6 Å². The molecule has 1 aliphatic carbocycles. The fourth-order valence-electron chi connectivity index (χ4n) is 3.48. The Labute approximate surface area is 107 Å². The summed E-state index contributed by atoms with van der Waals surface area (Å²) in [6.45, 7) is 14.1. The zero-order valence-electron chi connectivity index (χ0n) is 12.6. The summed E-state index contributed by atoms with van der Waals surface area (Å²) in [5, 5.41) is 13.6. The molecule has 17 heavy (non-hydrogen) atoms. The molecule has 0 heterocycles. The second kappa shape index (κ2) is 4.89. The Morgan fingerprint density at radius 1 is 1.18 bits per heavy atom. The Hall–Kier alpha value is -0.0800. The van der Waals surface area contributed by atoms with Gasteiger partial charge in [-0.15, -0.1) is 0 Å². The van der Waals surface area contributed by atoms with Crippen LogP contribution in [0, 0.1) is 10.8 Å². The standard InChI is InChI=1S/C15H31NO/c1-7-15(6,17)11-16-12-8-13(2,3)10-14(4,5)9-12/h12,16-17H,7-11H2,1-6H3. The van der Waals surface area contributed by atoms with E-state index in [-0.39, 0.29) is 0 Å². The first-order valence-corrected chi connectivity index (χ1v) is 7.01. The molecule has 2 heteroatoms. The van der Waals surface area contributed by atoms with E-state index in [9.17, 15) is 5.11 Å². The molecular weight excluding hydrogens is 210 g/mol. The molecule has 1 rings (SSSR count). The van der Waals surface area contributed by atoms with Crippen LogP contribution in [0.1, 0.15) is 67.2 Å². The summed E-state index contributed by atoms with van der Waals surface area (Å²) in [7, 11) is 0. The molecule has 0 saturated heterocycles. The van der Waals surface area contributed by atoms with Gasteiger partial charge in [-0.1, -0.05) is 34.6 Å². The third-order valence-electron chi connectivity index (χ3n) is 4.09. The summed E-state index contributed by atoms with van der Waals surface area (Å²) in [5.74, 6) is 0. The van der Waals surface area contributed by atoms with Crippen LogP contribution in [0.3, 0.4) is 0 Å². The molecule has 1 atom stereocenters. The maximum absolute atomic E-state index is 10.1. The van der Waals surface area contributed by atoms with Crippen molar-refractivity contribution in [2.75, 3.05) is 6.54 Å². The topological polar surface area (TPSA) is 32.3 Å². The lowest BCUT2D eigenvalue weighted by Gasteiger charge is -2.45. The van der Waals surface area contributed by atoms with Crippen molar-refractivity contribution in [2.45, 2.75) is 78.9 Å². The molecule has 2 N–H and O–H groups in total. The van der Waals surface area contributed by atoms with Crippen molar-refractivity contribution >= 4 is 0 Å². The van der Waals surface area contributed by atoms with Crippen molar-refractivity contribution in [3.8, 4) is 0 Å². The molecule has 1 aliphatic rings. The Balaban J connectivity index is 2.54. The maximum Gasteiger partial charge on any atom is 0.0741 e. The van der Waals surface area contributed by atoms with Crippen LogP contribution in [0.5, 0.6) is 0 Å². The molecule has 0 bridgehead atoms. The van der Waals surface area contributed by atoms with Crippen molar-refractivity contribution in [1.82, 2.24) is 5.32 Å². The van der Waals surface area contributed by atoms with Crippen molar-refractivity contribution in [2.24, 2.45) is 10.8 Å². The van der Waals surface area contributed by atoms with Crippen LogP contribution in [0.4, 0.5) is 0 Å². The first-order chi connectivity index (χ1) is 7.55. The van der Waals surface area contributed by atoms with Gasteiger partial charge in [-0.25, -0.2) is 0 Å². The molecule has 0 spiro atoms. The van der Waals surface area contributed by atoms with Crippen molar-refractivity contribution < 1.29 is 5.11 Å². The molecule has 1 unspecified atom stereocenters. The van der Waals surface area contributed by atoms with Crippen molar-refractivity contribution in [3.63, 3.8) is 0 Å². The molecule has 0 radical (unpaired) electrons. The van der Waals surface area contributed by atoms with Crippen LogP contribution in [0.2, 0.25) is 0 Å². The second-order valence-corrected chi connectivity index (χ2v) is 7.84. The van der Waals surface area contributed by atoms with E-state index in [0.717, 1.165) is 6.42 Å². The average Bonchev–Trinajstić information content (AvgIpc) is 2.10. The summed E-state index contributed by atoms with van der Waals surface area (Å²) in [6, 6.07) is 0.548. The van der Waals surface area contributed by atoms with E-state index in [1.54, 1.807) is 0 Å². The quantitative estimate of drug-likeness (QED) is 0.791. The fraction of sp³-hybridized carbons (Fsp3) is 1.00. The number of aliphatic hydroxyl groups is 1. The summed E-state index contributed by atoms with van der Waals surface area (Å²) >= 11 is 0. The highest BCUT2D eigenvalue weighted by atomic mass is 16.3. The zero-order chi connectivity index (χ0) is 13.3. The van der Waals surface area contributed by atoms with Gasteiger partial charge in [-0.3, -0.25) is 0 Å². The number of hydrogen-bond acceptors (Lipinski definition) is 2. The highest BCUT2D eigenvalue weighted by molar-refractivity contribution is 4.93. The third-order valence-corrected chi connectivity index (χ3v) is 4.09. The summed E-state index contributed by atoms with van der Waals surface area (Å²) in [6.07, 6.45) is 4.54. The van der Waals surface area contributed by atoms with Crippen LogP contribution < -0.4 is 5.32 Å². The van der Waals surface area contributed by atoms with E-state index < -0.39 is 5.60 Å². The zero-order valence-corrected chi connectivity index (χ0v) is 12.6. The smallest absolute Gasteiger partial charge is 0.0741 e. The van der Waals surface area contributed by atoms with Gasteiger partial charge in [0.25, 0.3) is 0 Å². The molecule has 0 aromatic heterocycles. The first-order valence-electron chi connectivity index (χ1n) is 7.01.